The van der Waals surface area contributed by atoms with Crippen molar-refractivity contribution in [3.8, 4) is 0 Å². The van der Waals surface area contributed by atoms with Gasteiger partial charge in [-0.15, -0.1) is 0 Å². The topological polar surface area (TPSA) is 31.4 Å². The third kappa shape index (κ3) is 3.84. The van der Waals surface area contributed by atoms with E-state index in [-0.39, 0.29) is 0 Å². The van der Waals surface area contributed by atoms with Crippen molar-refractivity contribution in [3.05, 3.63) is 22.8 Å². The van der Waals surface area contributed by atoms with Gasteiger partial charge in [0.15, 0.2) is 0 Å². The number of hydrogen-bond acceptors (Lipinski definition) is 4. The number of nitrogens with one attached hydrogen (secondary N) is 1. The molecule has 2 heterocycles. The number of rotatable bonds is 5. The van der Waals surface area contributed by atoms with Crippen LogP contribution in [-0.2, 0) is 6.54 Å². The maximum atomic E-state index is 6.24. The maximum Gasteiger partial charge on any atom is 0.129 e. The minimum atomic E-state index is 0.432. The van der Waals surface area contributed by atoms with Gasteiger partial charge in [0.1, 0.15) is 5.82 Å². The number of pyridine rings is 1. The number of hydrogen-bond donors (Lipinski definition) is 1. The van der Waals surface area contributed by atoms with E-state index >= 15 is 0 Å². The van der Waals surface area contributed by atoms with E-state index in [0.29, 0.717) is 12.1 Å². The van der Waals surface area contributed by atoms with Crippen LogP contribution in [0, 0.1) is 0 Å². The molecule has 1 saturated heterocycles. The first-order valence-corrected chi connectivity index (χ1v) is 7.65. The fraction of sp³-hybridized carbons (Fsp3) is 0.667. The number of nitrogens with zero attached hydrogens (tertiary/aromatic N) is 3. The zero-order valence-corrected chi connectivity index (χ0v) is 13.6. The van der Waals surface area contributed by atoms with Crippen LogP contribution in [0.3, 0.4) is 0 Å². The van der Waals surface area contributed by atoms with Crippen LogP contribution in [0.5, 0.6) is 0 Å². The molecule has 0 bridgehead atoms. The summed E-state index contributed by atoms with van der Waals surface area (Å²) in [5.41, 5.74) is 0.936. The molecule has 1 aliphatic rings. The van der Waals surface area contributed by atoms with Crippen molar-refractivity contribution in [3.63, 3.8) is 0 Å². The lowest BCUT2D eigenvalue weighted by Crippen LogP contribution is -2.32. The summed E-state index contributed by atoms with van der Waals surface area (Å²) in [4.78, 5) is 9.37. The third-order valence-electron chi connectivity index (χ3n) is 3.80. The second-order valence-electron chi connectivity index (χ2n) is 5.99. The SMILES string of the molecule is CC(C)NCc1nc(N2CCC(N(C)C)C2)ccc1Cl. The lowest BCUT2D eigenvalue weighted by molar-refractivity contribution is 0.315. The van der Waals surface area contributed by atoms with Gasteiger partial charge in [0.25, 0.3) is 0 Å². The van der Waals surface area contributed by atoms with Crippen molar-refractivity contribution in [1.29, 1.82) is 0 Å². The summed E-state index contributed by atoms with van der Waals surface area (Å²) in [6.07, 6.45) is 1.19. The molecular formula is C15H25ClN4. The number of likely N-dealkylation sites (N-methyl/N-ethyl adjacent to an activating group) is 1. The number of aromatic nitrogens is 1. The second-order valence-corrected chi connectivity index (χ2v) is 6.39. The second kappa shape index (κ2) is 6.74. The molecule has 0 saturated carbocycles. The molecule has 1 N–H and O–H groups in total. The van der Waals surface area contributed by atoms with Gasteiger partial charge < -0.3 is 15.1 Å². The molecule has 0 radical (unpaired) electrons. The summed E-state index contributed by atoms with van der Waals surface area (Å²) in [6.45, 7) is 7.07. The highest BCUT2D eigenvalue weighted by molar-refractivity contribution is 6.31. The van der Waals surface area contributed by atoms with Crippen molar-refractivity contribution in [2.75, 3.05) is 32.1 Å². The van der Waals surface area contributed by atoms with E-state index in [4.69, 9.17) is 16.6 Å². The highest BCUT2D eigenvalue weighted by Gasteiger charge is 2.25. The lowest BCUT2D eigenvalue weighted by Gasteiger charge is -2.21. The molecule has 0 spiro atoms. The standard InChI is InChI=1S/C15H25ClN4/c1-11(2)17-9-14-13(16)5-6-15(18-14)20-8-7-12(10-20)19(3)4/h5-6,11-12,17H,7-10H2,1-4H3. The Morgan fingerprint density at radius 3 is 2.80 bits per heavy atom. The largest absolute Gasteiger partial charge is 0.355 e. The summed E-state index contributed by atoms with van der Waals surface area (Å²) in [5.74, 6) is 1.04. The van der Waals surface area contributed by atoms with Gasteiger partial charge in [-0.3, -0.25) is 0 Å². The maximum absolute atomic E-state index is 6.24. The van der Waals surface area contributed by atoms with Crippen LogP contribution in [0.2, 0.25) is 5.02 Å². The minimum absolute atomic E-state index is 0.432. The average Bonchev–Trinajstić information content (AvgIpc) is 2.87. The highest BCUT2D eigenvalue weighted by Crippen LogP contribution is 2.23. The van der Waals surface area contributed by atoms with Gasteiger partial charge in [-0.2, -0.15) is 0 Å². The Bertz CT molecular complexity index is 447. The fourth-order valence-electron chi connectivity index (χ4n) is 2.45. The van der Waals surface area contributed by atoms with E-state index in [1.807, 2.05) is 12.1 Å². The summed E-state index contributed by atoms with van der Waals surface area (Å²) in [5, 5.41) is 4.11. The van der Waals surface area contributed by atoms with Gasteiger partial charge in [0.05, 0.1) is 10.7 Å². The van der Waals surface area contributed by atoms with Crippen molar-refractivity contribution < 1.29 is 0 Å². The quantitative estimate of drug-likeness (QED) is 0.904. The molecule has 1 aromatic heterocycles. The Balaban J connectivity index is 2.07. The van der Waals surface area contributed by atoms with Gasteiger partial charge >= 0.3 is 0 Å². The average molecular weight is 297 g/mol. The fourth-order valence-corrected chi connectivity index (χ4v) is 2.62. The molecule has 1 aliphatic heterocycles. The van der Waals surface area contributed by atoms with E-state index < -0.39 is 0 Å². The molecule has 1 unspecified atom stereocenters. The minimum Gasteiger partial charge on any atom is -0.355 e. The van der Waals surface area contributed by atoms with Crippen molar-refractivity contribution >= 4 is 17.4 Å². The van der Waals surface area contributed by atoms with E-state index in [1.54, 1.807) is 0 Å². The molecule has 0 aromatic carbocycles. The Morgan fingerprint density at radius 1 is 1.45 bits per heavy atom. The zero-order valence-electron chi connectivity index (χ0n) is 12.9. The zero-order chi connectivity index (χ0) is 14.7. The number of anilines is 1. The molecule has 2 rings (SSSR count). The molecule has 20 heavy (non-hydrogen) atoms. The van der Waals surface area contributed by atoms with Crippen LogP contribution >= 0.6 is 11.6 Å². The van der Waals surface area contributed by atoms with Gasteiger partial charge in [-0.05, 0) is 32.6 Å². The molecular weight excluding hydrogens is 272 g/mol. The molecule has 1 aromatic rings. The Kier molecular flexibility index (Phi) is 5.24. The van der Waals surface area contributed by atoms with Gasteiger partial charge in [-0.25, -0.2) is 4.98 Å². The van der Waals surface area contributed by atoms with E-state index in [9.17, 15) is 0 Å². The van der Waals surface area contributed by atoms with Crippen LogP contribution in [0.25, 0.3) is 0 Å². The summed E-state index contributed by atoms with van der Waals surface area (Å²) in [6, 6.07) is 5.04. The molecule has 0 amide bonds. The first kappa shape index (κ1) is 15.5. The molecule has 1 atom stereocenters. The first-order chi connectivity index (χ1) is 9.47. The Hall–Kier alpha value is -0.840. The highest BCUT2D eigenvalue weighted by atomic mass is 35.5. The smallest absolute Gasteiger partial charge is 0.129 e. The molecule has 112 valence electrons. The van der Waals surface area contributed by atoms with E-state index in [1.165, 1.54) is 6.42 Å². The molecule has 5 heteroatoms. The molecule has 0 aliphatic carbocycles. The van der Waals surface area contributed by atoms with Gasteiger partial charge in [-0.1, -0.05) is 25.4 Å². The summed E-state index contributed by atoms with van der Waals surface area (Å²) in [7, 11) is 4.28. The van der Waals surface area contributed by atoms with Crippen molar-refractivity contribution in [2.24, 2.45) is 0 Å². The first-order valence-electron chi connectivity index (χ1n) is 7.27. The van der Waals surface area contributed by atoms with Gasteiger partial charge in [0.2, 0.25) is 0 Å². The molecule has 4 nitrogen and oxygen atoms in total. The number of halogens is 1. The predicted octanol–water partition coefficient (Wildman–Crippen LogP) is 2.37. The van der Waals surface area contributed by atoms with E-state index in [0.717, 1.165) is 36.2 Å². The Labute approximate surface area is 127 Å². The molecule has 1 fully saturated rings. The van der Waals surface area contributed by atoms with Crippen LogP contribution in [0.1, 0.15) is 26.0 Å². The van der Waals surface area contributed by atoms with Crippen LogP contribution < -0.4 is 10.2 Å². The Morgan fingerprint density at radius 2 is 2.20 bits per heavy atom. The van der Waals surface area contributed by atoms with E-state index in [2.05, 4.69) is 43.1 Å². The van der Waals surface area contributed by atoms with Crippen LogP contribution in [0.15, 0.2) is 12.1 Å². The summed E-state index contributed by atoms with van der Waals surface area (Å²) >= 11 is 6.24. The third-order valence-corrected chi connectivity index (χ3v) is 4.14. The van der Waals surface area contributed by atoms with Gasteiger partial charge in [0, 0.05) is 31.7 Å². The normalized spacial score (nSPS) is 19.4. The predicted molar refractivity (Wildman–Crippen MR) is 85.5 cm³/mol. The van der Waals surface area contributed by atoms with Crippen molar-refractivity contribution in [2.45, 2.75) is 38.9 Å². The monoisotopic (exact) mass is 296 g/mol. The van der Waals surface area contributed by atoms with Crippen LogP contribution in [0.4, 0.5) is 5.82 Å². The van der Waals surface area contributed by atoms with Crippen LogP contribution in [-0.4, -0.2) is 49.2 Å². The lowest BCUT2D eigenvalue weighted by atomic mass is 10.2. The summed E-state index contributed by atoms with van der Waals surface area (Å²) < 4.78 is 0. The van der Waals surface area contributed by atoms with Crippen molar-refractivity contribution in [1.82, 2.24) is 15.2 Å².